The van der Waals surface area contributed by atoms with Crippen molar-refractivity contribution in [3.05, 3.63) is 29.3 Å². The molecule has 3 amide bonds. The fraction of sp³-hybridized carbons (Fsp3) is 0.500. The molecule has 0 saturated carbocycles. The number of primary amides is 1. The minimum Gasteiger partial charge on any atom is -0.399 e. The van der Waals surface area contributed by atoms with Gasteiger partial charge in [0, 0.05) is 5.69 Å². The maximum Gasteiger partial charge on any atom is 0.312 e. The van der Waals surface area contributed by atoms with E-state index in [1.54, 1.807) is 11.8 Å². The van der Waals surface area contributed by atoms with Crippen LogP contribution >= 0.6 is 11.8 Å². The second-order valence-electron chi connectivity index (χ2n) is 5.75. The van der Waals surface area contributed by atoms with E-state index in [0.717, 1.165) is 36.3 Å². The predicted molar refractivity (Wildman–Crippen MR) is 94.2 cm³/mol. The van der Waals surface area contributed by atoms with E-state index in [0.29, 0.717) is 6.42 Å². The van der Waals surface area contributed by atoms with Crippen molar-refractivity contribution in [2.75, 3.05) is 17.7 Å². The van der Waals surface area contributed by atoms with Crippen molar-refractivity contribution in [3.8, 4) is 0 Å². The standard InChI is InChI=1S/C16H24N4O2S/c1-23-8-7-14(20-16(18)22)15(21)19-13-4-2-3-10-9-11(17)5-6-12(10)13/h5-6,9,13-14H,2-4,7-8,17H2,1H3,(H,19,21)(H3,18,20,22). The highest BCUT2D eigenvalue weighted by Crippen LogP contribution is 2.31. The summed E-state index contributed by atoms with van der Waals surface area (Å²) in [6.07, 6.45) is 5.37. The number of benzene rings is 1. The molecule has 6 nitrogen and oxygen atoms in total. The van der Waals surface area contributed by atoms with Gasteiger partial charge in [0.25, 0.3) is 0 Å². The Morgan fingerprint density at radius 1 is 1.43 bits per heavy atom. The molecule has 7 heteroatoms. The van der Waals surface area contributed by atoms with Crippen molar-refractivity contribution in [1.82, 2.24) is 10.6 Å². The van der Waals surface area contributed by atoms with E-state index in [-0.39, 0.29) is 11.9 Å². The minimum absolute atomic E-state index is 0.0432. The van der Waals surface area contributed by atoms with E-state index >= 15 is 0 Å². The van der Waals surface area contributed by atoms with Gasteiger partial charge in [-0.3, -0.25) is 4.79 Å². The Balaban J connectivity index is 2.08. The highest BCUT2D eigenvalue weighted by atomic mass is 32.2. The number of hydrogen-bond donors (Lipinski definition) is 4. The number of carbonyl (C=O) groups excluding carboxylic acids is 2. The van der Waals surface area contributed by atoms with Gasteiger partial charge in [-0.1, -0.05) is 6.07 Å². The summed E-state index contributed by atoms with van der Waals surface area (Å²) in [6, 6.07) is 4.49. The summed E-state index contributed by atoms with van der Waals surface area (Å²) in [7, 11) is 0. The van der Waals surface area contributed by atoms with Crippen LogP contribution in [0.4, 0.5) is 10.5 Å². The molecule has 0 spiro atoms. The van der Waals surface area contributed by atoms with Gasteiger partial charge in [-0.25, -0.2) is 4.79 Å². The number of nitrogens with two attached hydrogens (primary N) is 2. The first-order valence-corrected chi connectivity index (χ1v) is 9.14. The molecule has 0 aromatic heterocycles. The molecule has 23 heavy (non-hydrogen) atoms. The predicted octanol–water partition coefficient (Wildman–Crippen LogP) is 1.55. The number of amides is 3. The largest absolute Gasteiger partial charge is 0.399 e. The monoisotopic (exact) mass is 336 g/mol. The van der Waals surface area contributed by atoms with Crippen LogP contribution in [-0.2, 0) is 11.2 Å². The summed E-state index contributed by atoms with van der Waals surface area (Å²) in [5.41, 5.74) is 14.1. The number of fused-ring (bicyclic) bond motifs is 1. The first-order chi connectivity index (χ1) is 11.0. The van der Waals surface area contributed by atoms with Gasteiger partial charge in [-0.15, -0.1) is 0 Å². The third-order valence-corrected chi connectivity index (χ3v) is 4.69. The first-order valence-electron chi connectivity index (χ1n) is 7.75. The molecule has 1 aromatic rings. The highest BCUT2D eigenvalue weighted by molar-refractivity contribution is 7.98. The number of aryl methyl sites for hydroxylation is 1. The van der Waals surface area contributed by atoms with Crippen molar-refractivity contribution < 1.29 is 9.59 Å². The summed E-state index contributed by atoms with van der Waals surface area (Å²) >= 11 is 1.62. The van der Waals surface area contributed by atoms with Crippen molar-refractivity contribution in [2.45, 2.75) is 37.8 Å². The third-order valence-electron chi connectivity index (χ3n) is 4.04. The van der Waals surface area contributed by atoms with Crippen LogP contribution in [0, 0.1) is 0 Å². The zero-order valence-electron chi connectivity index (χ0n) is 13.3. The zero-order valence-corrected chi connectivity index (χ0v) is 14.1. The van der Waals surface area contributed by atoms with E-state index < -0.39 is 12.1 Å². The number of hydrogen-bond acceptors (Lipinski definition) is 4. The topological polar surface area (TPSA) is 110 Å². The van der Waals surface area contributed by atoms with Crippen LogP contribution < -0.4 is 22.1 Å². The lowest BCUT2D eigenvalue weighted by Crippen LogP contribution is -2.49. The van der Waals surface area contributed by atoms with Gasteiger partial charge >= 0.3 is 6.03 Å². The smallest absolute Gasteiger partial charge is 0.312 e. The Morgan fingerprint density at radius 3 is 2.91 bits per heavy atom. The van der Waals surface area contributed by atoms with Crippen molar-refractivity contribution in [1.29, 1.82) is 0 Å². The number of urea groups is 1. The Morgan fingerprint density at radius 2 is 2.22 bits per heavy atom. The van der Waals surface area contributed by atoms with Crippen LogP contribution in [0.25, 0.3) is 0 Å². The fourth-order valence-corrected chi connectivity index (χ4v) is 3.40. The van der Waals surface area contributed by atoms with E-state index in [2.05, 4.69) is 10.6 Å². The van der Waals surface area contributed by atoms with Crippen LogP contribution in [0.3, 0.4) is 0 Å². The Labute approximate surface area is 140 Å². The summed E-state index contributed by atoms with van der Waals surface area (Å²) in [5.74, 6) is 0.586. The molecule has 0 fully saturated rings. The molecule has 0 bridgehead atoms. The van der Waals surface area contributed by atoms with Crippen molar-refractivity contribution in [2.24, 2.45) is 5.73 Å². The van der Waals surface area contributed by atoms with Gasteiger partial charge in [0.15, 0.2) is 0 Å². The highest BCUT2D eigenvalue weighted by Gasteiger charge is 2.26. The molecule has 0 aliphatic heterocycles. The summed E-state index contributed by atoms with van der Waals surface area (Å²) in [4.78, 5) is 23.6. The molecule has 1 aromatic carbocycles. The first kappa shape index (κ1) is 17.5. The molecule has 0 heterocycles. The summed E-state index contributed by atoms with van der Waals surface area (Å²) in [5, 5.41) is 5.58. The van der Waals surface area contributed by atoms with Gasteiger partial charge < -0.3 is 22.1 Å². The Kier molecular flexibility index (Phi) is 6.15. The molecule has 2 unspecified atom stereocenters. The zero-order chi connectivity index (χ0) is 16.8. The van der Waals surface area contributed by atoms with E-state index in [4.69, 9.17) is 11.5 Å². The lowest BCUT2D eigenvalue weighted by Gasteiger charge is -2.28. The van der Waals surface area contributed by atoms with Crippen molar-refractivity contribution >= 4 is 29.4 Å². The number of carbonyl (C=O) groups is 2. The second-order valence-corrected chi connectivity index (χ2v) is 6.74. The molecule has 1 aliphatic carbocycles. The maximum atomic E-state index is 12.5. The van der Waals surface area contributed by atoms with Gasteiger partial charge in [0.1, 0.15) is 6.04 Å². The Hall–Kier alpha value is -1.89. The number of nitrogen functional groups attached to an aromatic ring is 1. The normalized spacial score (nSPS) is 17.9. The van der Waals surface area contributed by atoms with Crippen LogP contribution in [0.15, 0.2) is 18.2 Å². The number of thioether (sulfide) groups is 1. The van der Waals surface area contributed by atoms with Gasteiger partial charge in [-0.2, -0.15) is 11.8 Å². The lowest BCUT2D eigenvalue weighted by molar-refractivity contribution is -0.123. The molecular weight excluding hydrogens is 312 g/mol. The molecule has 2 atom stereocenters. The molecular formula is C16H24N4O2S. The molecule has 1 aliphatic rings. The molecule has 2 rings (SSSR count). The van der Waals surface area contributed by atoms with Crippen LogP contribution in [0.1, 0.15) is 36.4 Å². The van der Waals surface area contributed by atoms with Crippen LogP contribution in [-0.4, -0.2) is 30.0 Å². The number of nitrogens with one attached hydrogen (secondary N) is 2. The quantitative estimate of drug-likeness (QED) is 0.591. The number of rotatable bonds is 6. The fourth-order valence-electron chi connectivity index (χ4n) is 2.93. The molecule has 6 N–H and O–H groups in total. The summed E-state index contributed by atoms with van der Waals surface area (Å²) in [6.45, 7) is 0. The average Bonchev–Trinajstić information content (AvgIpc) is 2.50. The van der Waals surface area contributed by atoms with Crippen LogP contribution in [0.5, 0.6) is 0 Å². The maximum absolute atomic E-state index is 12.5. The van der Waals surface area contributed by atoms with E-state index in [1.807, 2.05) is 24.5 Å². The van der Waals surface area contributed by atoms with E-state index in [1.165, 1.54) is 5.56 Å². The summed E-state index contributed by atoms with van der Waals surface area (Å²) < 4.78 is 0. The molecule has 0 radical (unpaired) electrons. The number of anilines is 1. The van der Waals surface area contributed by atoms with E-state index in [9.17, 15) is 9.59 Å². The SMILES string of the molecule is CSCCC(NC(N)=O)C(=O)NC1CCCc2cc(N)ccc21. The third kappa shape index (κ3) is 4.79. The minimum atomic E-state index is -0.678. The van der Waals surface area contributed by atoms with Crippen molar-refractivity contribution in [3.63, 3.8) is 0 Å². The molecule has 0 saturated heterocycles. The van der Waals surface area contributed by atoms with Gasteiger partial charge in [0.2, 0.25) is 5.91 Å². The van der Waals surface area contributed by atoms with Gasteiger partial charge in [0.05, 0.1) is 6.04 Å². The molecule has 126 valence electrons. The average molecular weight is 336 g/mol. The van der Waals surface area contributed by atoms with Crippen LogP contribution in [0.2, 0.25) is 0 Å². The second kappa shape index (κ2) is 8.10. The Bertz CT molecular complexity index is 579. The van der Waals surface area contributed by atoms with Gasteiger partial charge in [-0.05, 0) is 61.0 Å². The lowest BCUT2D eigenvalue weighted by atomic mass is 9.87.